The Kier molecular flexibility index (Phi) is 6.87. The number of anilines is 1. The molecule has 20 heavy (non-hydrogen) atoms. The summed E-state index contributed by atoms with van der Waals surface area (Å²) in [4.78, 5) is 11.9. The number of benzene rings is 1. The van der Waals surface area contributed by atoms with Crippen LogP contribution in [0.4, 0.5) is 5.69 Å². The third-order valence-electron chi connectivity index (χ3n) is 2.79. The van der Waals surface area contributed by atoms with Crippen LogP contribution in [-0.2, 0) is 4.79 Å². The molecule has 1 amide bonds. The molecule has 1 aromatic rings. The van der Waals surface area contributed by atoms with Gasteiger partial charge >= 0.3 is 0 Å². The number of methoxy groups -OCH3 is 1. The SMILES string of the molecule is CCNC(C)CC(=O)Nc1ccc(OCC)c(OC)c1. The van der Waals surface area contributed by atoms with E-state index in [0.29, 0.717) is 30.2 Å². The molecule has 0 spiro atoms. The number of carbonyl (C=O) groups excluding carboxylic acids is 1. The highest BCUT2D eigenvalue weighted by molar-refractivity contribution is 5.91. The van der Waals surface area contributed by atoms with Crippen LogP contribution in [0.2, 0.25) is 0 Å². The quantitative estimate of drug-likeness (QED) is 0.768. The summed E-state index contributed by atoms with van der Waals surface area (Å²) in [7, 11) is 1.58. The lowest BCUT2D eigenvalue weighted by molar-refractivity contribution is -0.116. The van der Waals surface area contributed by atoms with Crippen molar-refractivity contribution in [2.75, 3.05) is 25.6 Å². The molecule has 0 bridgehead atoms. The smallest absolute Gasteiger partial charge is 0.225 e. The molecule has 2 N–H and O–H groups in total. The van der Waals surface area contributed by atoms with Gasteiger partial charge < -0.3 is 20.1 Å². The van der Waals surface area contributed by atoms with Gasteiger partial charge in [-0.15, -0.1) is 0 Å². The molecule has 5 heteroatoms. The first-order chi connectivity index (χ1) is 9.60. The van der Waals surface area contributed by atoms with E-state index >= 15 is 0 Å². The average molecular weight is 280 g/mol. The summed E-state index contributed by atoms with van der Waals surface area (Å²) in [6, 6.07) is 5.53. The Morgan fingerprint density at radius 1 is 1.30 bits per heavy atom. The number of hydrogen-bond acceptors (Lipinski definition) is 4. The summed E-state index contributed by atoms with van der Waals surface area (Å²) in [5.74, 6) is 1.27. The molecule has 0 fully saturated rings. The van der Waals surface area contributed by atoms with Crippen molar-refractivity contribution in [1.82, 2.24) is 5.32 Å². The van der Waals surface area contributed by atoms with Gasteiger partial charge in [0.15, 0.2) is 11.5 Å². The van der Waals surface area contributed by atoms with Gasteiger partial charge in [-0.2, -0.15) is 0 Å². The van der Waals surface area contributed by atoms with Crippen LogP contribution in [0.25, 0.3) is 0 Å². The second-order valence-electron chi connectivity index (χ2n) is 4.51. The summed E-state index contributed by atoms with van der Waals surface area (Å²) in [5.41, 5.74) is 0.707. The number of amides is 1. The van der Waals surface area contributed by atoms with Gasteiger partial charge in [-0.1, -0.05) is 6.92 Å². The van der Waals surface area contributed by atoms with Crippen molar-refractivity contribution in [1.29, 1.82) is 0 Å². The lowest BCUT2D eigenvalue weighted by Gasteiger charge is -2.14. The highest BCUT2D eigenvalue weighted by Crippen LogP contribution is 2.30. The molecule has 0 saturated heterocycles. The van der Waals surface area contributed by atoms with Crippen molar-refractivity contribution in [3.05, 3.63) is 18.2 Å². The minimum Gasteiger partial charge on any atom is -0.493 e. The molecule has 1 aromatic carbocycles. The predicted molar refractivity (Wildman–Crippen MR) is 80.5 cm³/mol. The Morgan fingerprint density at radius 2 is 2.05 bits per heavy atom. The van der Waals surface area contributed by atoms with E-state index in [1.165, 1.54) is 0 Å². The second kappa shape index (κ2) is 8.43. The van der Waals surface area contributed by atoms with Gasteiger partial charge in [0.25, 0.3) is 0 Å². The van der Waals surface area contributed by atoms with Gasteiger partial charge in [0, 0.05) is 24.2 Å². The number of nitrogens with one attached hydrogen (secondary N) is 2. The molecule has 0 radical (unpaired) electrons. The van der Waals surface area contributed by atoms with Gasteiger partial charge in [0.05, 0.1) is 13.7 Å². The summed E-state index contributed by atoms with van der Waals surface area (Å²) in [6.07, 6.45) is 0.434. The molecule has 0 aliphatic heterocycles. The molecule has 1 rings (SSSR count). The number of ether oxygens (including phenoxy) is 2. The Hall–Kier alpha value is -1.75. The van der Waals surface area contributed by atoms with Crippen molar-refractivity contribution in [3.63, 3.8) is 0 Å². The fourth-order valence-electron chi connectivity index (χ4n) is 1.93. The van der Waals surface area contributed by atoms with Crippen molar-refractivity contribution in [2.45, 2.75) is 33.2 Å². The summed E-state index contributed by atoms with van der Waals surface area (Å²) < 4.78 is 10.7. The van der Waals surface area contributed by atoms with E-state index in [1.807, 2.05) is 26.8 Å². The molecule has 112 valence electrons. The minimum absolute atomic E-state index is 0.0235. The molecule has 1 unspecified atom stereocenters. The van der Waals surface area contributed by atoms with E-state index in [2.05, 4.69) is 10.6 Å². The molecular formula is C15H24N2O3. The maximum absolute atomic E-state index is 11.9. The van der Waals surface area contributed by atoms with E-state index in [0.717, 1.165) is 6.54 Å². The largest absolute Gasteiger partial charge is 0.493 e. The maximum Gasteiger partial charge on any atom is 0.225 e. The highest BCUT2D eigenvalue weighted by Gasteiger charge is 2.10. The van der Waals surface area contributed by atoms with Gasteiger partial charge in [-0.05, 0) is 32.5 Å². The first kappa shape index (κ1) is 16.3. The van der Waals surface area contributed by atoms with E-state index in [-0.39, 0.29) is 11.9 Å². The van der Waals surface area contributed by atoms with Gasteiger partial charge in [0.1, 0.15) is 0 Å². The van der Waals surface area contributed by atoms with Crippen LogP contribution in [0.5, 0.6) is 11.5 Å². The summed E-state index contributed by atoms with van der Waals surface area (Å²) in [6.45, 7) is 7.35. The average Bonchev–Trinajstić information content (AvgIpc) is 2.40. The number of carbonyl (C=O) groups is 1. The van der Waals surface area contributed by atoms with Gasteiger partial charge in [-0.3, -0.25) is 4.79 Å². The van der Waals surface area contributed by atoms with Crippen molar-refractivity contribution in [3.8, 4) is 11.5 Å². The monoisotopic (exact) mass is 280 g/mol. The third-order valence-corrected chi connectivity index (χ3v) is 2.79. The normalized spacial score (nSPS) is 11.8. The number of hydrogen-bond donors (Lipinski definition) is 2. The molecule has 0 saturated carbocycles. The Bertz CT molecular complexity index is 435. The fraction of sp³-hybridized carbons (Fsp3) is 0.533. The topological polar surface area (TPSA) is 59.6 Å². The van der Waals surface area contributed by atoms with Crippen LogP contribution in [-0.4, -0.2) is 32.2 Å². The molecule has 5 nitrogen and oxygen atoms in total. The number of rotatable bonds is 8. The van der Waals surface area contributed by atoms with E-state index in [9.17, 15) is 4.79 Å². The Balaban J connectivity index is 2.65. The first-order valence-electron chi connectivity index (χ1n) is 6.94. The van der Waals surface area contributed by atoms with Crippen molar-refractivity contribution in [2.24, 2.45) is 0 Å². The second-order valence-corrected chi connectivity index (χ2v) is 4.51. The predicted octanol–water partition coefficient (Wildman–Crippen LogP) is 2.42. The van der Waals surface area contributed by atoms with Crippen LogP contribution < -0.4 is 20.1 Å². The fourth-order valence-corrected chi connectivity index (χ4v) is 1.93. The van der Waals surface area contributed by atoms with E-state index < -0.39 is 0 Å². The van der Waals surface area contributed by atoms with Crippen LogP contribution in [0.15, 0.2) is 18.2 Å². The lowest BCUT2D eigenvalue weighted by atomic mass is 10.2. The third kappa shape index (κ3) is 5.09. The molecule has 0 aromatic heterocycles. The first-order valence-corrected chi connectivity index (χ1v) is 6.94. The molecule has 0 aliphatic carbocycles. The van der Waals surface area contributed by atoms with Crippen LogP contribution in [0.3, 0.4) is 0 Å². The molecule has 1 atom stereocenters. The zero-order valence-corrected chi connectivity index (χ0v) is 12.7. The van der Waals surface area contributed by atoms with Crippen LogP contribution in [0.1, 0.15) is 27.2 Å². The minimum atomic E-state index is -0.0235. The Morgan fingerprint density at radius 3 is 2.65 bits per heavy atom. The van der Waals surface area contributed by atoms with Crippen LogP contribution in [0, 0.1) is 0 Å². The van der Waals surface area contributed by atoms with E-state index in [1.54, 1.807) is 19.2 Å². The molecular weight excluding hydrogens is 256 g/mol. The standard InChI is InChI=1S/C15H24N2O3/c1-5-16-11(3)9-15(18)17-12-7-8-13(20-6-2)14(10-12)19-4/h7-8,10-11,16H,5-6,9H2,1-4H3,(H,17,18). The Labute approximate surface area is 120 Å². The van der Waals surface area contributed by atoms with Crippen LogP contribution >= 0.6 is 0 Å². The van der Waals surface area contributed by atoms with Gasteiger partial charge in [0.2, 0.25) is 5.91 Å². The zero-order chi connectivity index (χ0) is 15.0. The van der Waals surface area contributed by atoms with Crippen molar-refractivity contribution >= 4 is 11.6 Å². The highest BCUT2D eigenvalue weighted by atomic mass is 16.5. The maximum atomic E-state index is 11.9. The van der Waals surface area contributed by atoms with E-state index in [4.69, 9.17) is 9.47 Å². The van der Waals surface area contributed by atoms with Crippen molar-refractivity contribution < 1.29 is 14.3 Å². The zero-order valence-electron chi connectivity index (χ0n) is 12.7. The lowest BCUT2D eigenvalue weighted by Crippen LogP contribution is -2.30. The molecule has 0 heterocycles. The van der Waals surface area contributed by atoms with Gasteiger partial charge in [-0.25, -0.2) is 0 Å². The summed E-state index contributed by atoms with van der Waals surface area (Å²) in [5, 5.41) is 6.07. The molecule has 0 aliphatic rings. The summed E-state index contributed by atoms with van der Waals surface area (Å²) >= 11 is 0.